The molecule has 0 amide bonds. The second-order valence-corrected chi connectivity index (χ2v) is 5.36. The largest absolute Gasteiger partial charge is 0.496 e. The number of aryl methyl sites for hydroxylation is 1. The summed E-state index contributed by atoms with van der Waals surface area (Å²) in [5, 5.41) is 0. The van der Waals surface area contributed by atoms with E-state index in [1.54, 1.807) is 14.0 Å². The summed E-state index contributed by atoms with van der Waals surface area (Å²) in [6, 6.07) is 5.79. The van der Waals surface area contributed by atoms with E-state index in [9.17, 15) is 9.59 Å². The molecule has 0 fully saturated rings. The quantitative estimate of drug-likeness (QED) is 0.593. The van der Waals surface area contributed by atoms with Gasteiger partial charge in [-0.1, -0.05) is 32.0 Å². The van der Waals surface area contributed by atoms with Crippen molar-refractivity contribution >= 4 is 11.8 Å². The van der Waals surface area contributed by atoms with Crippen LogP contribution in [-0.2, 0) is 19.7 Å². The van der Waals surface area contributed by atoms with Crippen molar-refractivity contribution in [2.24, 2.45) is 0 Å². The Labute approximate surface area is 120 Å². The number of benzene rings is 1. The third kappa shape index (κ3) is 3.59. The van der Waals surface area contributed by atoms with E-state index in [1.165, 1.54) is 0 Å². The molecule has 0 aromatic heterocycles. The van der Waals surface area contributed by atoms with Crippen molar-refractivity contribution in [2.75, 3.05) is 13.7 Å². The highest BCUT2D eigenvalue weighted by atomic mass is 16.5. The minimum atomic E-state index is -0.771. The predicted octanol–water partition coefficient (Wildman–Crippen LogP) is 2.80. The van der Waals surface area contributed by atoms with Gasteiger partial charge in [0, 0.05) is 17.4 Å². The smallest absolute Gasteiger partial charge is 0.374 e. The Kier molecular flexibility index (Phi) is 5.31. The van der Waals surface area contributed by atoms with Gasteiger partial charge in [0.25, 0.3) is 0 Å². The lowest BCUT2D eigenvalue weighted by atomic mass is 9.79. The summed E-state index contributed by atoms with van der Waals surface area (Å²) in [6.07, 6.45) is 0.0889. The topological polar surface area (TPSA) is 52.6 Å². The van der Waals surface area contributed by atoms with Crippen LogP contribution in [0, 0.1) is 6.92 Å². The fraction of sp³-hybridized carbons (Fsp3) is 0.500. The van der Waals surface area contributed by atoms with Crippen LogP contribution in [0.1, 0.15) is 38.3 Å². The number of Topliss-reactive ketones (excluding diaryl/α,β-unsaturated/α-hetero) is 1. The molecule has 0 aliphatic carbocycles. The summed E-state index contributed by atoms with van der Waals surface area (Å²) in [5.74, 6) is -0.526. The van der Waals surface area contributed by atoms with E-state index in [-0.39, 0.29) is 13.0 Å². The Morgan fingerprint density at radius 2 is 1.90 bits per heavy atom. The minimum Gasteiger partial charge on any atom is -0.496 e. The van der Waals surface area contributed by atoms with Gasteiger partial charge in [0.2, 0.25) is 5.78 Å². The van der Waals surface area contributed by atoms with Crippen molar-refractivity contribution in [3.63, 3.8) is 0 Å². The van der Waals surface area contributed by atoms with Crippen molar-refractivity contribution in [2.45, 2.75) is 39.5 Å². The van der Waals surface area contributed by atoms with Gasteiger partial charge in [-0.05, 0) is 19.4 Å². The van der Waals surface area contributed by atoms with Crippen LogP contribution in [0.25, 0.3) is 0 Å². The van der Waals surface area contributed by atoms with E-state index in [4.69, 9.17) is 9.47 Å². The van der Waals surface area contributed by atoms with Crippen LogP contribution in [0.15, 0.2) is 18.2 Å². The van der Waals surface area contributed by atoms with Crippen molar-refractivity contribution in [3.8, 4) is 5.75 Å². The highest BCUT2D eigenvalue weighted by molar-refractivity contribution is 6.33. The minimum absolute atomic E-state index is 0.0889. The SMILES string of the molecule is CCOC(=O)C(=O)CC(C)(C)c1cccc(C)c1OC. The van der Waals surface area contributed by atoms with Gasteiger partial charge in [0.1, 0.15) is 5.75 Å². The van der Waals surface area contributed by atoms with Crippen molar-refractivity contribution in [1.82, 2.24) is 0 Å². The third-order valence-electron chi connectivity index (χ3n) is 3.25. The summed E-state index contributed by atoms with van der Waals surface area (Å²) in [5.41, 5.74) is 1.42. The molecule has 0 bridgehead atoms. The number of hydrogen-bond donors (Lipinski definition) is 0. The number of carbonyl (C=O) groups is 2. The van der Waals surface area contributed by atoms with Crippen LogP contribution < -0.4 is 4.74 Å². The molecule has 4 heteroatoms. The molecule has 20 heavy (non-hydrogen) atoms. The monoisotopic (exact) mass is 278 g/mol. The maximum Gasteiger partial charge on any atom is 0.374 e. The molecule has 0 saturated heterocycles. The first-order valence-electron chi connectivity index (χ1n) is 6.67. The molecule has 1 aromatic carbocycles. The number of para-hydroxylation sites is 1. The molecular formula is C16H22O4. The Morgan fingerprint density at radius 3 is 2.45 bits per heavy atom. The van der Waals surface area contributed by atoms with Crippen molar-refractivity contribution in [3.05, 3.63) is 29.3 Å². The lowest BCUT2D eigenvalue weighted by Gasteiger charge is -2.27. The van der Waals surface area contributed by atoms with Crippen LogP contribution in [0.4, 0.5) is 0 Å². The third-order valence-corrected chi connectivity index (χ3v) is 3.25. The number of carbonyl (C=O) groups excluding carboxylic acids is 2. The highest BCUT2D eigenvalue weighted by Crippen LogP contribution is 2.36. The molecule has 0 aliphatic heterocycles. The molecule has 0 saturated carbocycles. The first kappa shape index (κ1) is 16.2. The van der Waals surface area contributed by atoms with Crippen LogP contribution in [0.2, 0.25) is 0 Å². The summed E-state index contributed by atoms with van der Waals surface area (Å²) in [6.45, 7) is 7.67. The number of esters is 1. The van der Waals surface area contributed by atoms with Crippen LogP contribution in [0.5, 0.6) is 5.75 Å². The van der Waals surface area contributed by atoms with Gasteiger partial charge >= 0.3 is 5.97 Å². The number of ketones is 1. The summed E-state index contributed by atoms with van der Waals surface area (Å²) < 4.78 is 10.2. The molecule has 0 N–H and O–H groups in total. The molecule has 0 aliphatic rings. The zero-order valence-corrected chi connectivity index (χ0v) is 12.8. The van der Waals surface area contributed by atoms with E-state index < -0.39 is 17.2 Å². The molecule has 1 rings (SSSR count). The molecule has 0 unspecified atom stereocenters. The Morgan fingerprint density at radius 1 is 1.25 bits per heavy atom. The second-order valence-electron chi connectivity index (χ2n) is 5.36. The Hall–Kier alpha value is -1.84. The van der Waals surface area contributed by atoms with Gasteiger partial charge in [0.05, 0.1) is 13.7 Å². The maximum absolute atomic E-state index is 11.9. The molecule has 4 nitrogen and oxygen atoms in total. The standard InChI is InChI=1S/C16H22O4/c1-6-20-15(18)13(17)10-16(3,4)12-9-7-8-11(2)14(12)19-5/h7-9H,6,10H2,1-5H3. The number of hydrogen-bond acceptors (Lipinski definition) is 4. The summed E-state index contributed by atoms with van der Waals surface area (Å²) in [4.78, 5) is 23.4. The lowest BCUT2D eigenvalue weighted by molar-refractivity contribution is -0.154. The van der Waals surface area contributed by atoms with Gasteiger partial charge in [-0.3, -0.25) is 4.79 Å². The first-order chi connectivity index (χ1) is 9.33. The second kappa shape index (κ2) is 6.55. The molecule has 0 heterocycles. The molecule has 0 radical (unpaired) electrons. The van der Waals surface area contributed by atoms with E-state index >= 15 is 0 Å². The average Bonchev–Trinajstić information content (AvgIpc) is 2.38. The molecule has 110 valence electrons. The van der Waals surface area contributed by atoms with Crippen LogP contribution in [-0.4, -0.2) is 25.5 Å². The average molecular weight is 278 g/mol. The molecule has 0 atom stereocenters. The van der Waals surface area contributed by atoms with Gasteiger partial charge in [-0.2, -0.15) is 0 Å². The molecule has 1 aromatic rings. The molecule has 0 spiro atoms. The number of methoxy groups -OCH3 is 1. The lowest BCUT2D eigenvalue weighted by Crippen LogP contribution is -2.28. The first-order valence-corrected chi connectivity index (χ1v) is 6.67. The van der Waals surface area contributed by atoms with Crippen LogP contribution >= 0.6 is 0 Å². The fourth-order valence-electron chi connectivity index (χ4n) is 2.24. The van der Waals surface area contributed by atoms with E-state index in [1.807, 2.05) is 39.0 Å². The van der Waals surface area contributed by atoms with Crippen molar-refractivity contribution < 1.29 is 19.1 Å². The zero-order valence-electron chi connectivity index (χ0n) is 12.8. The number of rotatable bonds is 6. The normalized spacial score (nSPS) is 11.1. The Balaban J connectivity index is 3.02. The van der Waals surface area contributed by atoms with Gasteiger partial charge in [0.15, 0.2) is 0 Å². The van der Waals surface area contributed by atoms with Gasteiger partial charge < -0.3 is 9.47 Å². The Bertz CT molecular complexity index is 503. The van der Waals surface area contributed by atoms with Crippen LogP contribution in [0.3, 0.4) is 0 Å². The van der Waals surface area contributed by atoms with E-state index in [0.717, 1.165) is 16.9 Å². The summed E-state index contributed by atoms with van der Waals surface area (Å²) in [7, 11) is 1.61. The molecular weight excluding hydrogens is 256 g/mol. The predicted molar refractivity (Wildman–Crippen MR) is 77.0 cm³/mol. The van der Waals surface area contributed by atoms with Gasteiger partial charge in [-0.15, -0.1) is 0 Å². The number of ether oxygens (including phenoxy) is 2. The zero-order chi connectivity index (χ0) is 15.3. The van der Waals surface area contributed by atoms with E-state index in [2.05, 4.69) is 0 Å². The van der Waals surface area contributed by atoms with Crippen molar-refractivity contribution in [1.29, 1.82) is 0 Å². The summed E-state index contributed by atoms with van der Waals surface area (Å²) >= 11 is 0. The van der Waals surface area contributed by atoms with Gasteiger partial charge in [-0.25, -0.2) is 4.79 Å². The maximum atomic E-state index is 11.9. The fourth-order valence-corrected chi connectivity index (χ4v) is 2.24. The highest BCUT2D eigenvalue weighted by Gasteiger charge is 2.31. The van der Waals surface area contributed by atoms with E-state index in [0.29, 0.717) is 0 Å².